The number of hydrogen-bond donors (Lipinski definition) is 1. The maximum absolute atomic E-state index is 12.5. The summed E-state index contributed by atoms with van der Waals surface area (Å²) in [6.07, 6.45) is 3.45. The number of anilines is 1. The molecule has 4 rings (SSSR count). The molecule has 1 aromatic carbocycles. The Labute approximate surface area is 183 Å². The number of methoxy groups -OCH3 is 2. The van der Waals surface area contributed by atoms with Crippen LogP contribution in [0.4, 0.5) is 5.69 Å². The van der Waals surface area contributed by atoms with Crippen LogP contribution in [0.25, 0.3) is 32.6 Å². The highest BCUT2D eigenvalue weighted by molar-refractivity contribution is 7.21. The second-order valence-electron chi connectivity index (χ2n) is 6.61. The summed E-state index contributed by atoms with van der Waals surface area (Å²) in [5, 5.41) is 0.702. The number of nitrogen functional groups attached to an aromatic ring is 1. The molecule has 0 fully saturated rings. The molecule has 31 heavy (non-hydrogen) atoms. The zero-order valence-electron chi connectivity index (χ0n) is 17.3. The molecule has 0 unspecified atom stereocenters. The highest BCUT2D eigenvalue weighted by atomic mass is 32.1. The minimum absolute atomic E-state index is 0.267. The first-order valence-electron chi connectivity index (χ1n) is 9.60. The van der Waals surface area contributed by atoms with E-state index >= 15 is 0 Å². The molecule has 158 valence electrons. The van der Waals surface area contributed by atoms with Crippen molar-refractivity contribution in [2.75, 3.05) is 26.6 Å². The lowest BCUT2D eigenvalue weighted by atomic mass is 9.99. The summed E-state index contributed by atoms with van der Waals surface area (Å²) in [7, 11) is 3.17. The van der Waals surface area contributed by atoms with Crippen LogP contribution in [0.3, 0.4) is 0 Å². The maximum atomic E-state index is 12.5. The number of aromatic nitrogens is 2. The van der Waals surface area contributed by atoms with Gasteiger partial charge in [0.2, 0.25) is 0 Å². The Morgan fingerprint density at radius 2 is 1.90 bits per heavy atom. The quantitative estimate of drug-likeness (QED) is 0.435. The molecule has 0 radical (unpaired) electrons. The number of pyridine rings is 2. The number of rotatable bonds is 6. The van der Waals surface area contributed by atoms with Gasteiger partial charge in [-0.05, 0) is 48.4 Å². The van der Waals surface area contributed by atoms with Gasteiger partial charge in [-0.2, -0.15) is 0 Å². The SMILES string of the molecule is CCOC(=O)c1sc2nc(-c3cccnc3)cc(-c3ccc(OC)c(OC)c3)c2c1N. The van der Waals surface area contributed by atoms with Crippen molar-refractivity contribution in [3.8, 4) is 33.9 Å². The van der Waals surface area contributed by atoms with Crippen molar-refractivity contribution < 1.29 is 19.0 Å². The van der Waals surface area contributed by atoms with Crippen LogP contribution < -0.4 is 15.2 Å². The van der Waals surface area contributed by atoms with E-state index in [1.807, 2.05) is 36.4 Å². The van der Waals surface area contributed by atoms with E-state index in [0.29, 0.717) is 32.3 Å². The van der Waals surface area contributed by atoms with Crippen LogP contribution in [0, 0.1) is 0 Å². The monoisotopic (exact) mass is 435 g/mol. The molecule has 7 nitrogen and oxygen atoms in total. The van der Waals surface area contributed by atoms with Gasteiger partial charge in [-0.3, -0.25) is 4.98 Å². The van der Waals surface area contributed by atoms with Crippen LogP contribution in [0.5, 0.6) is 11.5 Å². The predicted molar refractivity (Wildman–Crippen MR) is 122 cm³/mol. The van der Waals surface area contributed by atoms with Crippen molar-refractivity contribution in [3.05, 3.63) is 53.7 Å². The first-order valence-corrected chi connectivity index (χ1v) is 10.4. The lowest BCUT2D eigenvalue weighted by Gasteiger charge is -2.12. The summed E-state index contributed by atoms with van der Waals surface area (Å²) in [6.45, 7) is 2.03. The van der Waals surface area contributed by atoms with Gasteiger partial charge in [-0.25, -0.2) is 9.78 Å². The molecular formula is C23H21N3O4S. The molecule has 3 aromatic heterocycles. The van der Waals surface area contributed by atoms with E-state index in [4.69, 9.17) is 24.9 Å². The molecule has 0 bridgehead atoms. The van der Waals surface area contributed by atoms with Crippen LogP contribution in [-0.4, -0.2) is 36.8 Å². The molecule has 0 atom stereocenters. The highest BCUT2D eigenvalue weighted by Crippen LogP contribution is 2.43. The Kier molecular flexibility index (Phi) is 5.73. The van der Waals surface area contributed by atoms with Gasteiger partial charge in [0.25, 0.3) is 0 Å². The molecule has 2 N–H and O–H groups in total. The standard InChI is InChI=1S/C23H21N3O4S/c1-4-30-23(27)21-20(24)19-15(13-7-8-17(28-2)18(10-13)29-3)11-16(26-22(19)31-21)14-6-5-9-25-12-14/h5-12H,4,24H2,1-3H3. The Morgan fingerprint density at radius 1 is 1.10 bits per heavy atom. The average molecular weight is 436 g/mol. The minimum atomic E-state index is -0.454. The molecular weight excluding hydrogens is 414 g/mol. The molecule has 8 heteroatoms. The first kappa shape index (κ1) is 20.6. The van der Waals surface area contributed by atoms with E-state index < -0.39 is 5.97 Å². The smallest absolute Gasteiger partial charge is 0.350 e. The number of nitrogens with two attached hydrogens (primary N) is 1. The van der Waals surface area contributed by atoms with Gasteiger partial charge in [0, 0.05) is 23.3 Å². The van der Waals surface area contributed by atoms with E-state index in [9.17, 15) is 4.79 Å². The van der Waals surface area contributed by atoms with Gasteiger partial charge < -0.3 is 19.9 Å². The largest absolute Gasteiger partial charge is 0.493 e. The van der Waals surface area contributed by atoms with E-state index in [-0.39, 0.29) is 6.61 Å². The fraction of sp³-hybridized carbons (Fsp3) is 0.174. The zero-order valence-corrected chi connectivity index (χ0v) is 18.2. The minimum Gasteiger partial charge on any atom is -0.493 e. The van der Waals surface area contributed by atoms with Crippen molar-refractivity contribution in [3.63, 3.8) is 0 Å². The van der Waals surface area contributed by atoms with Crippen molar-refractivity contribution >= 4 is 33.2 Å². The van der Waals surface area contributed by atoms with Crippen molar-refractivity contribution in [2.24, 2.45) is 0 Å². The number of benzene rings is 1. The fourth-order valence-corrected chi connectivity index (χ4v) is 4.38. The van der Waals surface area contributed by atoms with Crippen molar-refractivity contribution in [2.45, 2.75) is 6.92 Å². The van der Waals surface area contributed by atoms with Crippen molar-refractivity contribution in [1.82, 2.24) is 9.97 Å². The van der Waals surface area contributed by atoms with Crippen LogP contribution in [0.2, 0.25) is 0 Å². The second kappa shape index (κ2) is 8.61. The molecule has 0 amide bonds. The van der Waals surface area contributed by atoms with E-state index in [1.54, 1.807) is 33.5 Å². The number of thiophene rings is 1. The number of esters is 1. The van der Waals surface area contributed by atoms with E-state index in [2.05, 4.69) is 4.98 Å². The van der Waals surface area contributed by atoms with Gasteiger partial charge in [0.05, 0.1) is 32.2 Å². The third-order valence-corrected chi connectivity index (χ3v) is 5.89. The molecule has 0 aliphatic heterocycles. The van der Waals surface area contributed by atoms with Crippen LogP contribution in [0.15, 0.2) is 48.8 Å². The van der Waals surface area contributed by atoms with Gasteiger partial charge in [0.15, 0.2) is 11.5 Å². The number of ether oxygens (including phenoxy) is 3. The number of fused-ring (bicyclic) bond motifs is 1. The molecule has 0 spiro atoms. The summed E-state index contributed by atoms with van der Waals surface area (Å²) >= 11 is 1.22. The van der Waals surface area contributed by atoms with Gasteiger partial charge >= 0.3 is 5.97 Å². The lowest BCUT2D eigenvalue weighted by molar-refractivity contribution is 0.0533. The normalized spacial score (nSPS) is 10.8. The highest BCUT2D eigenvalue weighted by Gasteiger charge is 2.23. The Balaban J connectivity index is 2.00. The van der Waals surface area contributed by atoms with Crippen LogP contribution >= 0.6 is 11.3 Å². The number of hydrogen-bond acceptors (Lipinski definition) is 8. The Hall–Kier alpha value is -3.65. The van der Waals surface area contributed by atoms with Crippen LogP contribution in [-0.2, 0) is 4.74 Å². The number of carbonyl (C=O) groups excluding carboxylic acids is 1. The van der Waals surface area contributed by atoms with Gasteiger partial charge in [0.1, 0.15) is 9.71 Å². The molecule has 0 saturated carbocycles. The predicted octanol–water partition coefficient (Wildman–Crippen LogP) is 4.80. The van der Waals surface area contributed by atoms with Crippen molar-refractivity contribution in [1.29, 1.82) is 0 Å². The lowest BCUT2D eigenvalue weighted by Crippen LogP contribution is -2.04. The fourth-order valence-electron chi connectivity index (χ4n) is 3.36. The van der Waals surface area contributed by atoms with Crippen LogP contribution in [0.1, 0.15) is 16.6 Å². The average Bonchev–Trinajstić information content (AvgIpc) is 3.15. The van der Waals surface area contributed by atoms with Gasteiger partial charge in [-0.1, -0.05) is 6.07 Å². The third-order valence-electron chi connectivity index (χ3n) is 4.81. The molecule has 0 aliphatic rings. The zero-order chi connectivity index (χ0) is 22.0. The third kappa shape index (κ3) is 3.77. The molecule has 4 aromatic rings. The summed E-state index contributed by atoms with van der Waals surface area (Å²) in [6, 6.07) is 11.4. The summed E-state index contributed by atoms with van der Waals surface area (Å²) < 4.78 is 16.0. The van der Waals surface area contributed by atoms with E-state index in [0.717, 1.165) is 22.4 Å². The molecule has 0 saturated heterocycles. The first-order chi connectivity index (χ1) is 15.1. The Morgan fingerprint density at radius 3 is 2.58 bits per heavy atom. The molecule has 0 aliphatic carbocycles. The number of nitrogens with zero attached hydrogens (tertiary/aromatic N) is 2. The second-order valence-corrected chi connectivity index (χ2v) is 7.61. The topological polar surface area (TPSA) is 96.6 Å². The Bertz CT molecular complexity index is 1250. The van der Waals surface area contributed by atoms with Gasteiger partial charge in [-0.15, -0.1) is 11.3 Å². The summed E-state index contributed by atoms with van der Waals surface area (Å²) in [5.41, 5.74) is 10.0. The maximum Gasteiger partial charge on any atom is 0.350 e. The van der Waals surface area contributed by atoms with E-state index in [1.165, 1.54) is 11.3 Å². The number of carbonyl (C=O) groups is 1. The summed E-state index contributed by atoms with van der Waals surface area (Å²) in [5.74, 6) is 0.756. The molecule has 3 heterocycles. The summed E-state index contributed by atoms with van der Waals surface area (Å²) in [4.78, 5) is 22.4.